The van der Waals surface area contributed by atoms with E-state index in [2.05, 4.69) is 52.0 Å². The molecule has 2 nitrogen and oxygen atoms in total. The van der Waals surface area contributed by atoms with Crippen LogP contribution in [0, 0.1) is 10.8 Å². The molecule has 0 N–H and O–H groups in total. The Morgan fingerprint density at radius 2 is 1.33 bits per heavy atom. The molecule has 1 aromatic rings. The van der Waals surface area contributed by atoms with E-state index in [9.17, 15) is 0 Å². The van der Waals surface area contributed by atoms with Gasteiger partial charge in [-0.05, 0) is 11.1 Å². The smallest absolute Gasteiger partial charge is 0.0898 e. The molecule has 2 fully saturated rings. The Labute approximate surface area is 109 Å². The number of benzene rings is 1. The van der Waals surface area contributed by atoms with Gasteiger partial charge in [0.15, 0.2) is 0 Å². The first-order valence-corrected chi connectivity index (χ1v) is 6.73. The fourth-order valence-corrected chi connectivity index (χ4v) is 2.98. The molecule has 1 aromatic carbocycles. The zero-order valence-electron chi connectivity index (χ0n) is 11.7. The van der Waals surface area contributed by atoms with E-state index in [1.165, 1.54) is 11.1 Å². The summed E-state index contributed by atoms with van der Waals surface area (Å²) in [5.41, 5.74) is 3.09. The van der Waals surface area contributed by atoms with Gasteiger partial charge < -0.3 is 9.47 Å². The third-order valence-electron chi connectivity index (χ3n) is 4.18. The molecule has 0 spiro atoms. The second-order valence-electron chi connectivity index (χ2n) is 7.03. The van der Waals surface area contributed by atoms with Crippen LogP contribution in [0.4, 0.5) is 0 Å². The van der Waals surface area contributed by atoms with Crippen LogP contribution in [-0.4, -0.2) is 13.2 Å². The molecule has 98 valence electrons. The van der Waals surface area contributed by atoms with E-state index in [0.29, 0.717) is 0 Å². The highest BCUT2D eigenvalue weighted by atomic mass is 16.5. The normalized spacial score (nSPS) is 32.4. The molecule has 0 saturated carbocycles. The maximum atomic E-state index is 5.73. The average molecular weight is 246 g/mol. The highest BCUT2D eigenvalue weighted by molar-refractivity contribution is 5.31. The van der Waals surface area contributed by atoms with Crippen LogP contribution >= 0.6 is 0 Å². The first-order valence-electron chi connectivity index (χ1n) is 6.73. The number of hydrogen-bond donors (Lipinski definition) is 0. The lowest BCUT2D eigenvalue weighted by Crippen LogP contribution is -2.42. The topological polar surface area (TPSA) is 18.5 Å². The molecule has 2 heteroatoms. The van der Waals surface area contributed by atoms with Crippen LogP contribution < -0.4 is 0 Å². The number of rotatable bonds is 2. The van der Waals surface area contributed by atoms with Crippen molar-refractivity contribution in [1.29, 1.82) is 0 Å². The summed E-state index contributed by atoms with van der Waals surface area (Å²) >= 11 is 0. The summed E-state index contributed by atoms with van der Waals surface area (Å²) < 4.78 is 11.5. The molecule has 2 unspecified atom stereocenters. The molecule has 0 bridgehead atoms. The Balaban J connectivity index is 1.86. The first kappa shape index (κ1) is 12.2. The minimum Gasteiger partial charge on any atom is -0.372 e. The van der Waals surface area contributed by atoms with Crippen LogP contribution in [0.3, 0.4) is 0 Å². The van der Waals surface area contributed by atoms with Crippen LogP contribution in [-0.2, 0) is 9.47 Å². The lowest BCUT2D eigenvalue weighted by atomic mass is 9.76. The van der Waals surface area contributed by atoms with Crippen molar-refractivity contribution in [3.63, 3.8) is 0 Å². The van der Waals surface area contributed by atoms with Gasteiger partial charge in [-0.15, -0.1) is 0 Å². The third-order valence-corrected chi connectivity index (χ3v) is 4.18. The molecule has 0 aliphatic carbocycles. The highest BCUT2D eigenvalue weighted by Crippen LogP contribution is 2.49. The summed E-state index contributed by atoms with van der Waals surface area (Å²) in [5.74, 6) is 0. The molecule has 2 atom stereocenters. The van der Waals surface area contributed by atoms with E-state index in [1.54, 1.807) is 0 Å². The van der Waals surface area contributed by atoms with Crippen molar-refractivity contribution in [2.24, 2.45) is 10.8 Å². The van der Waals surface area contributed by atoms with E-state index in [4.69, 9.17) is 9.47 Å². The molecular weight excluding hydrogens is 224 g/mol. The highest BCUT2D eigenvalue weighted by Gasteiger charge is 2.43. The maximum absolute atomic E-state index is 5.73. The van der Waals surface area contributed by atoms with Gasteiger partial charge in [0.05, 0.1) is 25.4 Å². The second kappa shape index (κ2) is 3.82. The van der Waals surface area contributed by atoms with Gasteiger partial charge in [-0.1, -0.05) is 52.0 Å². The van der Waals surface area contributed by atoms with E-state index >= 15 is 0 Å². The molecule has 3 rings (SSSR count). The van der Waals surface area contributed by atoms with Crippen LogP contribution in [0.5, 0.6) is 0 Å². The zero-order valence-corrected chi connectivity index (χ0v) is 11.7. The fraction of sp³-hybridized carbons (Fsp3) is 0.625. The molecule has 2 heterocycles. The summed E-state index contributed by atoms with van der Waals surface area (Å²) in [5, 5.41) is 0. The van der Waals surface area contributed by atoms with Crippen LogP contribution in [0.15, 0.2) is 24.3 Å². The minimum absolute atomic E-state index is 0.237. The van der Waals surface area contributed by atoms with Crippen molar-refractivity contribution in [1.82, 2.24) is 0 Å². The summed E-state index contributed by atoms with van der Waals surface area (Å²) in [4.78, 5) is 0. The molecule has 0 radical (unpaired) electrons. The third kappa shape index (κ3) is 1.79. The van der Waals surface area contributed by atoms with Crippen molar-refractivity contribution in [2.75, 3.05) is 13.2 Å². The molecule has 2 aliphatic heterocycles. The average Bonchev–Trinajstić information content (AvgIpc) is 2.27. The quantitative estimate of drug-likeness (QED) is 0.788. The van der Waals surface area contributed by atoms with Crippen molar-refractivity contribution < 1.29 is 9.47 Å². The Kier molecular flexibility index (Phi) is 2.58. The van der Waals surface area contributed by atoms with Gasteiger partial charge in [-0.3, -0.25) is 0 Å². The van der Waals surface area contributed by atoms with Crippen LogP contribution in [0.25, 0.3) is 0 Å². The van der Waals surface area contributed by atoms with Crippen LogP contribution in [0.2, 0.25) is 0 Å². The van der Waals surface area contributed by atoms with Gasteiger partial charge in [-0.25, -0.2) is 0 Å². The second-order valence-corrected chi connectivity index (χ2v) is 7.03. The van der Waals surface area contributed by atoms with Gasteiger partial charge in [0.1, 0.15) is 0 Å². The van der Waals surface area contributed by atoms with E-state index in [1.807, 2.05) is 0 Å². The van der Waals surface area contributed by atoms with Crippen molar-refractivity contribution in [3.05, 3.63) is 35.4 Å². The fourth-order valence-electron chi connectivity index (χ4n) is 2.98. The predicted octanol–water partition coefficient (Wildman–Crippen LogP) is 3.88. The van der Waals surface area contributed by atoms with Gasteiger partial charge in [0, 0.05) is 10.8 Å². The van der Waals surface area contributed by atoms with Crippen LogP contribution in [0.1, 0.15) is 51.0 Å². The summed E-state index contributed by atoms with van der Waals surface area (Å²) in [6.45, 7) is 10.8. The lowest BCUT2D eigenvalue weighted by molar-refractivity contribution is -0.175. The molecule has 2 aliphatic rings. The Morgan fingerprint density at radius 3 is 1.61 bits per heavy atom. The maximum Gasteiger partial charge on any atom is 0.0898 e. The largest absolute Gasteiger partial charge is 0.372 e. The zero-order chi connectivity index (χ0) is 13.0. The van der Waals surface area contributed by atoms with Gasteiger partial charge >= 0.3 is 0 Å². The Bertz CT molecular complexity index is 423. The number of hydrogen-bond acceptors (Lipinski definition) is 2. The lowest BCUT2D eigenvalue weighted by Gasteiger charge is -2.46. The van der Waals surface area contributed by atoms with Gasteiger partial charge in [-0.2, -0.15) is 0 Å². The van der Waals surface area contributed by atoms with Crippen molar-refractivity contribution in [3.8, 4) is 0 Å². The molecule has 18 heavy (non-hydrogen) atoms. The molecule has 0 aromatic heterocycles. The summed E-state index contributed by atoms with van der Waals surface area (Å²) in [6.07, 6.45) is 0.473. The summed E-state index contributed by atoms with van der Waals surface area (Å²) in [6, 6.07) is 8.72. The van der Waals surface area contributed by atoms with Gasteiger partial charge in [0.25, 0.3) is 0 Å². The Morgan fingerprint density at radius 1 is 0.889 bits per heavy atom. The monoisotopic (exact) mass is 246 g/mol. The van der Waals surface area contributed by atoms with Gasteiger partial charge in [0.2, 0.25) is 0 Å². The SMILES string of the molecule is CC1(C)COC1c1cccc(C2OCC2(C)C)c1. The molecule has 2 saturated heterocycles. The minimum atomic E-state index is 0.237. The van der Waals surface area contributed by atoms with E-state index < -0.39 is 0 Å². The first-order chi connectivity index (χ1) is 8.40. The number of ether oxygens (including phenoxy) is 2. The van der Waals surface area contributed by atoms with Crippen molar-refractivity contribution in [2.45, 2.75) is 39.9 Å². The summed E-state index contributed by atoms with van der Waals surface area (Å²) in [7, 11) is 0. The molecule has 0 amide bonds. The predicted molar refractivity (Wildman–Crippen MR) is 71.4 cm³/mol. The van der Waals surface area contributed by atoms with Crippen molar-refractivity contribution >= 4 is 0 Å². The standard InChI is InChI=1S/C16H22O2/c1-15(2)9-17-13(15)11-6-5-7-12(8-11)14-16(3,4)10-18-14/h5-8,13-14H,9-10H2,1-4H3. The van der Waals surface area contributed by atoms with E-state index in [-0.39, 0.29) is 23.0 Å². The Hall–Kier alpha value is -0.860. The molecular formula is C16H22O2. The van der Waals surface area contributed by atoms with E-state index in [0.717, 1.165) is 13.2 Å².